The quantitative estimate of drug-likeness (QED) is 0.904. The van der Waals surface area contributed by atoms with Crippen LogP contribution in [0.1, 0.15) is 16.7 Å². The Morgan fingerprint density at radius 2 is 2.11 bits per heavy atom. The van der Waals surface area contributed by atoms with Crippen molar-refractivity contribution in [1.29, 1.82) is 5.26 Å². The number of carbonyl (C=O) groups is 1. The van der Waals surface area contributed by atoms with Crippen LogP contribution in [-0.2, 0) is 11.2 Å². The van der Waals surface area contributed by atoms with Gasteiger partial charge in [0.1, 0.15) is 6.07 Å². The van der Waals surface area contributed by atoms with Gasteiger partial charge in [0.15, 0.2) is 5.75 Å². The Kier molecular flexibility index (Phi) is 3.81. The molecule has 0 heterocycles. The molecule has 0 saturated heterocycles. The molecule has 0 amide bonds. The van der Waals surface area contributed by atoms with E-state index in [0.717, 1.165) is 6.07 Å². The van der Waals surface area contributed by atoms with Gasteiger partial charge >= 0.3 is 12.3 Å². The van der Waals surface area contributed by atoms with E-state index < -0.39 is 24.5 Å². The minimum absolute atomic E-state index is 0.154. The highest BCUT2D eigenvalue weighted by Gasteiger charge is 2.34. The van der Waals surface area contributed by atoms with Crippen LogP contribution in [0, 0.1) is 18.3 Å². The van der Waals surface area contributed by atoms with Crippen molar-refractivity contribution in [1.82, 2.24) is 0 Å². The van der Waals surface area contributed by atoms with E-state index in [1.54, 1.807) is 6.07 Å². The number of nitriles is 1. The standard InChI is InChI=1S/C11H8F3NO3/c1-6-2-3-7(5-15)10(18-11(12,13)14)8(6)4-9(16)17/h2-3H,4H2,1H3,(H,16,17). The van der Waals surface area contributed by atoms with E-state index >= 15 is 0 Å². The van der Waals surface area contributed by atoms with E-state index in [1.807, 2.05) is 0 Å². The Balaban J connectivity index is 3.37. The van der Waals surface area contributed by atoms with Crippen molar-refractivity contribution in [3.8, 4) is 11.8 Å². The zero-order chi connectivity index (χ0) is 13.9. The summed E-state index contributed by atoms with van der Waals surface area (Å²) in [6.45, 7) is 1.45. The monoisotopic (exact) mass is 259 g/mol. The zero-order valence-corrected chi connectivity index (χ0v) is 9.21. The third-order valence-electron chi connectivity index (χ3n) is 2.16. The second-order valence-electron chi connectivity index (χ2n) is 3.47. The molecule has 1 aromatic carbocycles. The first-order valence-electron chi connectivity index (χ1n) is 4.74. The van der Waals surface area contributed by atoms with E-state index in [9.17, 15) is 18.0 Å². The maximum atomic E-state index is 12.2. The lowest BCUT2D eigenvalue weighted by Gasteiger charge is -2.15. The molecule has 1 rings (SSSR count). The summed E-state index contributed by atoms with van der Waals surface area (Å²) in [6, 6.07) is 4.07. The molecule has 0 saturated carbocycles. The van der Waals surface area contributed by atoms with Gasteiger partial charge < -0.3 is 9.84 Å². The van der Waals surface area contributed by atoms with Gasteiger partial charge in [-0.25, -0.2) is 0 Å². The first-order valence-corrected chi connectivity index (χ1v) is 4.74. The molecule has 96 valence electrons. The number of nitrogens with zero attached hydrogens (tertiary/aromatic N) is 1. The highest BCUT2D eigenvalue weighted by Crippen LogP contribution is 2.32. The maximum Gasteiger partial charge on any atom is 0.573 e. The molecule has 0 aliphatic carbocycles. The number of benzene rings is 1. The van der Waals surface area contributed by atoms with E-state index in [2.05, 4.69) is 4.74 Å². The average molecular weight is 259 g/mol. The van der Waals surface area contributed by atoms with Gasteiger partial charge in [-0.1, -0.05) is 6.07 Å². The van der Waals surface area contributed by atoms with Crippen molar-refractivity contribution in [2.75, 3.05) is 0 Å². The minimum atomic E-state index is -4.98. The van der Waals surface area contributed by atoms with Crippen LogP contribution < -0.4 is 4.74 Å². The number of aliphatic carboxylic acids is 1. The van der Waals surface area contributed by atoms with Crippen LogP contribution in [0.3, 0.4) is 0 Å². The number of halogens is 3. The van der Waals surface area contributed by atoms with Crippen LogP contribution in [0.15, 0.2) is 12.1 Å². The van der Waals surface area contributed by atoms with Crippen LogP contribution in [0.25, 0.3) is 0 Å². The molecule has 1 aromatic rings. The zero-order valence-electron chi connectivity index (χ0n) is 9.21. The predicted octanol–water partition coefficient (Wildman–Crippen LogP) is 2.39. The van der Waals surface area contributed by atoms with Gasteiger partial charge in [-0.15, -0.1) is 13.2 Å². The van der Waals surface area contributed by atoms with Crippen LogP contribution >= 0.6 is 0 Å². The molecule has 0 aromatic heterocycles. The molecular formula is C11H8F3NO3. The SMILES string of the molecule is Cc1ccc(C#N)c(OC(F)(F)F)c1CC(=O)O. The van der Waals surface area contributed by atoms with Crippen LogP contribution in [0.4, 0.5) is 13.2 Å². The number of carboxylic acid groups (broad SMARTS) is 1. The van der Waals surface area contributed by atoms with Gasteiger partial charge in [0, 0.05) is 5.56 Å². The van der Waals surface area contributed by atoms with Crippen molar-refractivity contribution < 1.29 is 27.8 Å². The Bertz CT molecular complexity index is 517. The van der Waals surface area contributed by atoms with Gasteiger partial charge in [-0.05, 0) is 18.6 Å². The maximum absolute atomic E-state index is 12.2. The van der Waals surface area contributed by atoms with Gasteiger partial charge in [0.05, 0.1) is 12.0 Å². The number of hydrogen-bond acceptors (Lipinski definition) is 3. The third kappa shape index (κ3) is 3.38. The number of ether oxygens (including phenoxy) is 1. The highest BCUT2D eigenvalue weighted by molar-refractivity contribution is 5.73. The second kappa shape index (κ2) is 4.96. The normalized spacial score (nSPS) is 10.8. The van der Waals surface area contributed by atoms with Crippen molar-refractivity contribution in [3.63, 3.8) is 0 Å². The Labute approximate surface area is 100 Å². The molecule has 4 nitrogen and oxygen atoms in total. The first-order chi connectivity index (χ1) is 8.24. The fraction of sp³-hybridized carbons (Fsp3) is 0.273. The Morgan fingerprint density at radius 3 is 2.56 bits per heavy atom. The molecule has 0 aliphatic heterocycles. The van der Waals surface area contributed by atoms with E-state index in [4.69, 9.17) is 10.4 Å². The average Bonchev–Trinajstić information content (AvgIpc) is 2.21. The molecule has 18 heavy (non-hydrogen) atoms. The van der Waals surface area contributed by atoms with Gasteiger partial charge in [0.2, 0.25) is 0 Å². The van der Waals surface area contributed by atoms with Crippen molar-refractivity contribution in [2.45, 2.75) is 19.7 Å². The molecule has 0 unspecified atom stereocenters. The number of hydrogen-bond donors (Lipinski definition) is 1. The van der Waals surface area contributed by atoms with E-state index in [-0.39, 0.29) is 11.1 Å². The lowest BCUT2D eigenvalue weighted by atomic mass is 10.0. The molecule has 0 bridgehead atoms. The molecule has 7 heteroatoms. The van der Waals surface area contributed by atoms with Gasteiger partial charge in [0.25, 0.3) is 0 Å². The summed E-state index contributed by atoms with van der Waals surface area (Å²) in [5, 5.41) is 17.4. The fourth-order valence-electron chi connectivity index (χ4n) is 1.42. The van der Waals surface area contributed by atoms with Crippen LogP contribution in [-0.4, -0.2) is 17.4 Å². The summed E-state index contributed by atoms with van der Waals surface area (Å²) in [5.41, 5.74) is -0.191. The summed E-state index contributed by atoms with van der Waals surface area (Å²) in [5.74, 6) is -2.05. The van der Waals surface area contributed by atoms with Crippen molar-refractivity contribution >= 4 is 5.97 Å². The number of rotatable bonds is 3. The van der Waals surface area contributed by atoms with Crippen molar-refractivity contribution in [2.24, 2.45) is 0 Å². The number of alkyl halides is 3. The van der Waals surface area contributed by atoms with E-state index in [0.29, 0.717) is 5.56 Å². The molecule has 0 fully saturated rings. The van der Waals surface area contributed by atoms with Crippen LogP contribution in [0.5, 0.6) is 5.75 Å². The minimum Gasteiger partial charge on any atom is -0.481 e. The lowest BCUT2D eigenvalue weighted by molar-refractivity contribution is -0.275. The first kappa shape index (κ1) is 13.8. The summed E-state index contributed by atoms with van der Waals surface area (Å²) in [4.78, 5) is 10.6. The largest absolute Gasteiger partial charge is 0.573 e. The topological polar surface area (TPSA) is 70.3 Å². The molecule has 0 atom stereocenters. The van der Waals surface area contributed by atoms with Crippen molar-refractivity contribution in [3.05, 3.63) is 28.8 Å². The third-order valence-corrected chi connectivity index (χ3v) is 2.16. The molecule has 1 N–H and O–H groups in total. The Morgan fingerprint density at radius 1 is 1.50 bits per heavy atom. The summed E-state index contributed by atoms with van der Waals surface area (Å²) in [6.07, 6.45) is -5.63. The molecular weight excluding hydrogens is 251 g/mol. The second-order valence-corrected chi connectivity index (χ2v) is 3.47. The molecule has 0 radical (unpaired) electrons. The summed E-state index contributed by atoms with van der Waals surface area (Å²) in [7, 11) is 0. The smallest absolute Gasteiger partial charge is 0.481 e. The lowest BCUT2D eigenvalue weighted by Crippen LogP contribution is -2.20. The summed E-state index contributed by atoms with van der Waals surface area (Å²) >= 11 is 0. The number of carboxylic acids is 1. The predicted molar refractivity (Wildman–Crippen MR) is 53.9 cm³/mol. The number of aryl methyl sites for hydroxylation is 1. The fourth-order valence-corrected chi connectivity index (χ4v) is 1.42. The van der Waals surface area contributed by atoms with Crippen LogP contribution in [0.2, 0.25) is 0 Å². The highest BCUT2D eigenvalue weighted by atomic mass is 19.4. The summed E-state index contributed by atoms with van der Waals surface area (Å²) < 4.78 is 40.4. The Hall–Kier alpha value is -2.23. The van der Waals surface area contributed by atoms with Gasteiger partial charge in [-0.2, -0.15) is 5.26 Å². The molecule has 0 aliphatic rings. The van der Waals surface area contributed by atoms with E-state index in [1.165, 1.54) is 13.0 Å². The van der Waals surface area contributed by atoms with Gasteiger partial charge in [-0.3, -0.25) is 4.79 Å². The molecule has 0 spiro atoms.